The van der Waals surface area contributed by atoms with Crippen LogP contribution in [0.2, 0.25) is 10.0 Å². The molecule has 2 saturated carbocycles. The van der Waals surface area contributed by atoms with Crippen molar-refractivity contribution in [3.05, 3.63) is 146 Å². The number of aryl methyl sites for hydroxylation is 2. The van der Waals surface area contributed by atoms with Gasteiger partial charge in [0.15, 0.2) is 0 Å². The molecule has 0 radical (unpaired) electrons. The minimum atomic E-state index is -0.0561. The van der Waals surface area contributed by atoms with Gasteiger partial charge in [0.25, 0.3) is 0 Å². The maximum Gasteiger partial charge on any atom is 0.330 e. The molecule has 2 saturated heterocycles. The summed E-state index contributed by atoms with van der Waals surface area (Å²) in [6.45, 7) is 13.2. The Bertz CT molecular complexity index is 3130. The van der Waals surface area contributed by atoms with E-state index in [1.165, 1.54) is 29.8 Å². The molecule has 4 fully saturated rings. The van der Waals surface area contributed by atoms with Crippen LogP contribution in [0.1, 0.15) is 109 Å². The molecule has 0 spiro atoms. The number of aromatic nitrogens is 4. The summed E-state index contributed by atoms with van der Waals surface area (Å²) in [4.78, 5) is 65.0. The molecular weight excluding hydrogens is 1040 g/mol. The number of carbonyl (C=O) groups excluding carboxylic acids is 2. The quantitative estimate of drug-likeness (QED) is 0.123. The second kappa shape index (κ2) is 24.7. The Morgan fingerprint density at radius 1 is 0.550 bits per heavy atom. The lowest BCUT2D eigenvalue weighted by Crippen LogP contribution is -2.53. The van der Waals surface area contributed by atoms with E-state index < -0.39 is 0 Å². The third kappa shape index (κ3) is 11.9. The highest BCUT2D eigenvalue weighted by molar-refractivity contribution is 6.34. The lowest BCUT2D eigenvalue weighted by molar-refractivity contribution is 0.243. The van der Waals surface area contributed by atoms with Crippen LogP contribution in [0.4, 0.5) is 44.0 Å². The molecule has 0 unspecified atom stereocenters. The number of hydrogen-bond acceptors (Lipinski definition) is 11. The predicted molar refractivity (Wildman–Crippen MR) is 323 cm³/mol. The molecule has 420 valence electrons. The van der Waals surface area contributed by atoms with Crippen LogP contribution in [0, 0.1) is 13.8 Å². The van der Waals surface area contributed by atoms with Crippen LogP contribution in [0.15, 0.2) is 91.3 Å². The zero-order chi connectivity index (χ0) is 55.4. The number of halogens is 2. The normalized spacial score (nSPS) is 18.7. The molecule has 15 nitrogen and oxygen atoms in total. The number of fused-ring (bicyclic) bond motifs is 2. The molecule has 6 aromatic rings. The number of methoxy groups -OCH3 is 1. The first kappa shape index (κ1) is 55.4. The minimum Gasteiger partial charge on any atom is -0.496 e. The third-order valence-corrected chi connectivity index (χ3v) is 17.8. The molecule has 0 N–H and O–H groups in total. The Hall–Kier alpha value is -6.52. The highest BCUT2D eigenvalue weighted by Gasteiger charge is 2.41. The maximum atomic E-state index is 14.2. The standard InChI is InChI=1S/C32H39ClN6O2.C31H37ClN6O/c1-22-8-7-11-27(33)30(22)38-21-24-20-34-29(35-31(24)39(32(38)40)25-9-5-4-6-10-25)18-23-12-13-26(19-28(23)41-3)37-16-14-36(2)15-17-37;1-22-7-6-10-27(32)29(22)37-21-24-20-33-28(34-30(24)38(31(37)39)26-8-4-3-5-9-26)19-23-11-13-25(14-12-23)36-17-15-35(2)16-18-36/h7-8,11-13,19-20,25H,4-6,9-10,14-18,21H2,1-3H3;6-7,10-14,20,26H,3-5,8-9,15-19,21H2,1-2H3. The highest BCUT2D eigenvalue weighted by atomic mass is 35.5. The smallest absolute Gasteiger partial charge is 0.330 e. The fourth-order valence-electron chi connectivity index (χ4n) is 12.6. The van der Waals surface area contributed by atoms with Gasteiger partial charge in [-0.25, -0.2) is 29.5 Å². The van der Waals surface area contributed by atoms with Crippen molar-refractivity contribution in [1.29, 1.82) is 0 Å². The van der Waals surface area contributed by atoms with Crippen molar-refractivity contribution in [1.82, 2.24) is 29.7 Å². The van der Waals surface area contributed by atoms with Crippen molar-refractivity contribution in [3.8, 4) is 5.75 Å². The van der Waals surface area contributed by atoms with Gasteiger partial charge in [0, 0.05) is 124 Å². The summed E-state index contributed by atoms with van der Waals surface area (Å²) in [6.07, 6.45) is 15.8. The van der Waals surface area contributed by atoms with E-state index >= 15 is 0 Å². The number of rotatable bonds is 11. The molecule has 4 aliphatic heterocycles. The van der Waals surface area contributed by atoms with E-state index in [2.05, 4.69) is 76.2 Å². The number of likely N-dealkylation sites (N-methyl/N-ethyl adjacent to an activating group) is 2. The Kier molecular flexibility index (Phi) is 17.1. The maximum absolute atomic E-state index is 14.2. The number of benzene rings is 4. The number of ether oxygens (including phenoxy) is 1. The topological polar surface area (TPSA) is 121 Å². The summed E-state index contributed by atoms with van der Waals surface area (Å²) < 4.78 is 5.83. The molecule has 2 aromatic heterocycles. The lowest BCUT2D eigenvalue weighted by Gasteiger charge is -2.42. The number of hydrogen-bond donors (Lipinski definition) is 0. The fourth-order valence-corrected chi connectivity index (χ4v) is 13.2. The summed E-state index contributed by atoms with van der Waals surface area (Å²) in [6, 6.07) is 26.9. The molecule has 12 rings (SSSR count). The molecule has 80 heavy (non-hydrogen) atoms. The number of urea groups is 2. The van der Waals surface area contributed by atoms with Gasteiger partial charge in [-0.05, 0) is 101 Å². The van der Waals surface area contributed by atoms with E-state index in [1.54, 1.807) is 12.0 Å². The number of nitrogens with zero attached hydrogens (tertiary/aromatic N) is 12. The van der Waals surface area contributed by atoms with Crippen LogP contribution < -0.4 is 34.1 Å². The molecule has 4 aromatic carbocycles. The van der Waals surface area contributed by atoms with E-state index in [9.17, 15) is 9.59 Å². The van der Waals surface area contributed by atoms with Crippen LogP contribution in [0.5, 0.6) is 5.75 Å². The van der Waals surface area contributed by atoms with Gasteiger partial charge in [-0.15, -0.1) is 0 Å². The monoisotopic (exact) mass is 1120 g/mol. The van der Waals surface area contributed by atoms with Crippen LogP contribution in [0.3, 0.4) is 0 Å². The van der Waals surface area contributed by atoms with Crippen LogP contribution in [-0.2, 0) is 25.9 Å². The van der Waals surface area contributed by atoms with Gasteiger partial charge >= 0.3 is 12.1 Å². The first-order chi connectivity index (χ1) is 38.9. The minimum absolute atomic E-state index is 0.0354. The number of anilines is 6. The summed E-state index contributed by atoms with van der Waals surface area (Å²) in [5, 5.41) is 1.17. The van der Waals surface area contributed by atoms with Crippen molar-refractivity contribution in [2.24, 2.45) is 0 Å². The Morgan fingerprint density at radius 3 is 1.46 bits per heavy atom. The summed E-state index contributed by atoms with van der Waals surface area (Å²) in [5.41, 5.74) is 10.1. The van der Waals surface area contributed by atoms with E-state index in [4.69, 9.17) is 47.9 Å². The van der Waals surface area contributed by atoms with Gasteiger partial charge < -0.3 is 24.3 Å². The lowest BCUT2D eigenvalue weighted by atomic mass is 9.93. The molecule has 0 atom stereocenters. The molecule has 4 amide bonds. The predicted octanol–water partition coefficient (Wildman–Crippen LogP) is 12.1. The Labute approximate surface area is 482 Å². The van der Waals surface area contributed by atoms with Crippen molar-refractivity contribution >= 4 is 69.6 Å². The number of amides is 4. The molecule has 0 bridgehead atoms. The van der Waals surface area contributed by atoms with Gasteiger partial charge in [-0.1, -0.05) is 104 Å². The Balaban J connectivity index is 0.000000169. The van der Waals surface area contributed by atoms with Crippen LogP contribution in [0.25, 0.3) is 0 Å². The zero-order valence-corrected chi connectivity index (χ0v) is 48.7. The van der Waals surface area contributed by atoms with Gasteiger partial charge in [-0.2, -0.15) is 0 Å². The fraction of sp³-hybridized carbons (Fsp3) is 0.460. The Morgan fingerprint density at radius 2 is 1.00 bits per heavy atom. The average Bonchev–Trinajstić information content (AvgIpc) is 3.48. The van der Waals surface area contributed by atoms with Crippen molar-refractivity contribution in [2.75, 3.05) is 103 Å². The van der Waals surface area contributed by atoms with E-state index in [0.717, 1.165) is 166 Å². The average molecular weight is 1120 g/mol. The summed E-state index contributed by atoms with van der Waals surface area (Å²) in [7, 11) is 6.06. The second-order valence-electron chi connectivity index (χ2n) is 22.7. The van der Waals surface area contributed by atoms with Crippen molar-refractivity contribution in [3.63, 3.8) is 0 Å². The van der Waals surface area contributed by atoms with E-state index in [-0.39, 0.29) is 24.1 Å². The zero-order valence-electron chi connectivity index (χ0n) is 47.2. The van der Waals surface area contributed by atoms with Crippen molar-refractivity contribution < 1.29 is 14.3 Å². The second-order valence-corrected chi connectivity index (χ2v) is 23.6. The SMILES string of the molecule is COc1cc(N2CCN(C)CC2)ccc1Cc1ncc2c(n1)N(C1CCCCC1)C(=O)N(c1c(C)cccc1Cl)C2.Cc1cccc(Cl)c1N1Cc2cnc(Cc3ccc(N4CCN(C)CC4)cc3)nc2N(C2CCCCC2)C1=O. The molecular formula is C63H76Cl2N12O3. The third-order valence-electron chi connectivity index (χ3n) is 17.2. The van der Waals surface area contributed by atoms with Gasteiger partial charge in [-0.3, -0.25) is 19.6 Å². The van der Waals surface area contributed by atoms with E-state index in [0.29, 0.717) is 41.8 Å². The van der Waals surface area contributed by atoms with Gasteiger partial charge in [0.2, 0.25) is 0 Å². The molecule has 2 aliphatic carbocycles. The summed E-state index contributed by atoms with van der Waals surface area (Å²) in [5.74, 6) is 3.78. The molecule has 17 heteroatoms. The van der Waals surface area contributed by atoms with Gasteiger partial charge in [0.05, 0.1) is 41.6 Å². The molecule has 6 aliphatic rings. The van der Waals surface area contributed by atoms with Crippen LogP contribution >= 0.6 is 23.2 Å². The molecule has 6 heterocycles. The van der Waals surface area contributed by atoms with E-state index in [1.807, 2.05) is 77.3 Å². The van der Waals surface area contributed by atoms with Gasteiger partial charge in [0.1, 0.15) is 29.0 Å². The van der Waals surface area contributed by atoms with Crippen molar-refractivity contribution in [2.45, 2.75) is 116 Å². The largest absolute Gasteiger partial charge is 0.496 e. The number of piperazine rings is 2. The first-order valence-corrected chi connectivity index (χ1v) is 29.7. The summed E-state index contributed by atoms with van der Waals surface area (Å²) >= 11 is 13.3. The first-order valence-electron chi connectivity index (χ1n) is 28.9. The highest BCUT2D eigenvalue weighted by Crippen LogP contribution is 2.42. The van der Waals surface area contributed by atoms with Crippen LogP contribution in [-0.4, -0.2) is 127 Å². The number of carbonyl (C=O) groups is 2. The number of para-hydroxylation sites is 2.